The van der Waals surface area contributed by atoms with Crippen LogP contribution >= 0.6 is 11.3 Å². The molecule has 1 aromatic carbocycles. The van der Waals surface area contributed by atoms with Gasteiger partial charge in [0.2, 0.25) is 5.91 Å². The molecule has 5 nitrogen and oxygen atoms in total. The number of hydrogen-bond donors (Lipinski definition) is 1. The number of aryl methyl sites for hydroxylation is 1. The summed E-state index contributed by atoms with van der Waals surface area (Å²) in [4.78, 5) is 28.0. The molecular formula is C18H17N2O3S-. The van der Waals surface area contributed by atoms with E-state index in [1.165, 1.54) is 16.9 Å². The molecule has 0 aliphatic heterocycles. The number of carboxylic acid groups (broad SMARTS) is 1. The number of rotatable bonds is 4. The van der Waals surface area contributed by atoms with Gasteiger partial charge in [0.25, 0.3) is 0 Å². The highest BCUT2D eigenvalue weighted by atomic mass is 32.1. The van der Waals surface area contributed by atoms with E-state index in [2.05, 4.69) is 10.3 Å². The molecule has 1 heterocycles. The molecule has 2 atom stereocenters. The molecule has 1 aromatic heterocycles. The number of amides is 1. The number of nitrogens with one attached hydrogen (secondary N) is 1. The summed E-state index contributed by atoms with van der Waals surface area (Å²) in [7, 11) is 0. The van der Waals surface area contributed by atoms with Gasteiger partial charge in [0.15, 0.2) is 5.13 Å². The van der Waals surface area contributed by atoms with Crippen LogP contribution in [-0.2, 0) is 9.59 Å². The van der Waals surface area contributed by atoms with E-state index in [-0.39, 0.29) is 5.91 Å². The monoisotopic (exact) mass is 341 g/mol. The minimum absolute atomic E-state index is 0.321. The first-order valence-corrected chi connectivity index (χ1v) is 8.62. The van der Waals surface area contributed by atoms with E-state index >= 15 is 0 Å². The minimum Gasteiger partial charge on any atom is -0.550 e. The number of anilines is 1. The molecule has 0 fully saturated rings. The quantitative estimate of drug-likeness (QED) is 0.866. The van der Waals surface area contributed by atoms with Crippen molar-refractivity contribution in [2.75, 3.05) is 5.32 Å². The average Bonchev–Trinajstić information content (AvgIpc) is 3.04. The Morgan fingerprint density at radius 2 is 1.83 bits per heavy atom. The lowest BCUT2D eigenvalue weighted by molar-refractivity contribution is -0.313. The fourth-order valence-corrected chi connectivity index (χ4v) is 3.47. The van der Waals surface area contributed by atoms with E-state index in [9.17, 15) is 14.7 Å². The number of carboxylic acids is 1. The van der Waals surface area contributed by atoms with Crippen molar-refractivity contribution in [1.82, 2.24) is 4.98 Å². The van der Waals surface area contributed by atoms with E-state index in [0.29, 0.717) is 18.0 Å². The highest BCUT2D eigenvalue weighted by molar-refractivity contribution is 7.14. The Balaban J connectivity index is 1.72. The van der Waals surface area contributed by atoms with Crippen molar-refractivity contribution < 1.29 is 14.7 Å². The van der Waals surface area contributed by atoms with Gasteiger partial charge in [-0.1, -0.05) is 42.0 Å². The summed E-state index contributed by atoms with van der Waals surface area (Å²) in [6.45, 7) is 2.02. The smallest absolute Gasteiger partial charge is 0.230 e. The van der Waals surface area contributed by atoms with Gasteiger partial charge < -0.3 is 15.2 Å². The average molecular weight is 341 g/mol. The summed E-state index contributed by atoms with van der Waals surface area (Å²) < 4.78 is 0. The van der Waals surface area contributed by atoms with Crippen molar-refractivity contribution in [3.63, 3.8) is 0 Å². The first kappa shape index (κ1) is 16.4. The summed E-state index contributed by atoms with van der Waals surface area (Å²) in [5.41, 5.74) is 2.93. The second kappa shape index (κ2) is 6.97. The normalized spacial score (nSPS) is 19.9. The van der Waals surface area contributed by atoms with E-state index in [4.69, 9.17) is 0 Å². The lowest BCUT2D eigenvalue weighted by atomic mass is 9.82. The Hall–Kier alpha value is -2.47. The van der Waals surface area contributed by atoms with E-state index in [1.54, 1.807) is 6.08 Å². The SMILES string of the molecule is Cc1ccc(-c2csc(NC(=O)[C@H]3CC=CC[C@@H]3C(=O)[O-])n2)cc1. The highest BCUT2D eigenvalue weighted by Crippen LogP contribution is 2.29. The van der Waals surface area contributed by atoms with Gasteiger partial charge in [0.05, 0.1) is 11.6 Å². The third-order valence-electron chi connectivity index (χ3n) is 4.15. The summed E-state index contributed by atoms with van der Waals surface area (Å²) in [5.74, 6) is -2.91. The number of thiazole rings is 1. The van der Waals surface area contributed by atoms with Crippen LogP contribution in [0, 0.1) is 18.8 Å². The van der Waals surface area contributed by atoms with Crippen LogP contribution in [0.5, 0.6) is 0 Å². The Morgan fingerprint density at radius 3 is 2.50 bits per heavy atom. The molecule has 6 heteroatoms. The second-order valence-electron chi connectivity index (χ2n) is 5.87. The van der Waals surface area contributed by atoms with Gasteiger partial charge in [-0.05, 0) is 19.8 Å². The number of nitrogens with zero attached hydrogens (tertiary/aromatic N) is 1. The zero-order valence-corrected chi connectivity index (χ0v) is 14.0. The van der Waals surface area contributed by atoms with Crippen LogP contribution in [0.4, 0.5) is 5.13 Å². The Labute approximate surface area is 144 Å². The van der Waals surface area contributed by atoms with Gasteiger partial charge in [-0.25, -0.2) is 4.98 Å². The molecule has 0 unspecified atom stereocenters. The van der Waals surface area contributed by atoms with Crippen LogP contribution in [0.2, 0.25) is 0 Å². The van der Waals surface area contributed by atoms with Crippen LogP contribution in [-0.4, -0.2) is 16.9 Å². The lowest BCUT2D eigenvalue weighted by Crippen LogP contribution is -2.41. The standard InChI is InChI=1S/C18H18N2O3S/c1-11-6-8-12(9-7-11)15-10-24-18(19-15)20-16(21)13-4-2-3-5-14(13)17(22)23/h2-3,6-10,13-14H,4-5H2,1H3,(H,22,23)(H,19,20,21)/p-1/t13-,14-/m0/s1. The molecule has 3 rings (SSSR count). The molecule has 0 saturated carbocycles. The van der Waals surface area contributed by atoms with Crippen LogP contribution in [0.3, 0.4) is 0 Å². The first-order valence-electron chi connectivity index (χ1n) is 7.74. The van der Waals surface area contributed by atoms with Crippen molar-refractivity contribution in [3.8, 4) is 11.3 Å². The minimum atomic E-state index is -1.18. The highest BCUT2D eigenvalue weighted by Gasteiger charge is 2.30. The summed E-state index contributed by atoms with van der Waals surface area (Å²) in [5, 5.41) is 16.3. The van der Waals surface area contributed by atoms with E-state index in [1.807, 2.05) is 42.6 Å². The van der Waals surface area contributed by atoms with Crippen molar-refractivity contribution in [2.24, 2.45) is 11.8 Å². The van der Waals surface area contributed by atoms with Crippen LogP contribution in [0.1, 0.15) is 18.4 Å². The van der Waals surface area contributed by atoms with Crippen LogP contribution in [0.25, 0.3) is 11.3 Å². The fraction of sp³-hybridized carbons (Fsp3) is 0.278. The number of allylic oxidation sites excluding steroid dienone is 2. The summed E-state index contributed by atoms with van der Waals surface area (Å²) >= 11 is 1.33. The molecule has 124 valence electrons. The van der Waals surface area contributed by atoms with E-state index < -0.39 is 17.8 Å². The number of benzene rings is 1. The number of hydrogen-bond acceptors (Lipinski definition) is 5. The lowest BCUT2D eigenvalue weighted by Gasteiger charge is -2.27. The molecule has 0 saturated heterocycles. The van der Waals surface area contributed by atoms with E-state index in [0.717, 1.165) is 11.3 Å². The number of aliphatic carboxylic acids is 1. The Morgan fingerprint density at radius 1 is 1.17 bits per heavy atom. The molecule has 0 radical (unpaired) electrons. The van der Waals surface area contributed by atoms with Gasteiger partial charge >= 0.3 is 0 Å². The number of aromatic nitrogens is 1. The van der Waals surface area contributed by atoms with Gasteiger partial charge in [0, 0.05) is 22.8 Å². The van der Waals surface area contributed by atoms with Gasteiger partial charge in [0.1, 0.15) is 0 Å². The van der Waals surface area contributed by atoms with Gasteiger partial charge in [-0.3, -0.25) is 4.79 Å². The maximum Gasteiger partial charge on any atom is 0.230 e. The molecule has 24 heavy (non-hydrogen) atoms. The molecular weight excluding hydrogens is 324 g/mol. The topological polar surface area (TPSA) is 82.1 Å². The molecule has 1 N–H and O–H groups in total. The zero-order valence-electron chi connectivity index (χ0n) is 13.2. The molecule has 1 amide bonds. The molecule has 2 aromatic rings. The predicted octanol–water partition coefficient (Wildman–Crippen LogP) is 2.39. The third-order valence-corrected chi connectivity index (χ3v) is 4.91. The van der Waals surface area contributed by atoms with Crippen molar-refractivity contribution >= 4 is 28.3 Å². The Kier molecular flexibility index (Phi) is 4.76. The molecule has 1 aliphatic carbocycles. The second-order valence-corrected chi connectivity index (χ2v) is 6.73. The number of carbonyl (C=O) groups is 2. The number of carbonyl (C=O) groups excluding carboxylic acids is 2. The van der Waals surface area contributed by atoms with Crippen LogP contribution < -0.4 is 10.4 Å². The maximum absolute atomic E-state index is 12.4. The zero-order chi connectivity index (χ0) is 17.1. The molecule has 0 bridgehead atoms. The van der Waals surface area contributed by atoms with Gasteiger partial charge in [-0.15, -0.1) is 11.3 Å². The molecule has 0 spiro atoms. The Bertz CT molecular complexity index is 780. The van der Waals surface area contributed by atoms with Crippen molar-refractivity contribution in [2.45, 2.75) is 19.8 Å². The van der Waals surface area contributed by atoms with Crippen LogP contribution in [0.15, 0.2) is 41.8 Å². The maximum atomic E-state index is 12.4. The largest absolute Gasteiger partial charge is 0.550 e. The third kappa shape index (κ3) is 3.54. The van der Waals surface area contributed by atoms with Crippen molar-refractivity contribution in [1.29, 1.82) is 0 Å². The molecule has 1 aliphatic rings. The first-order chi connectivity index (χ1) is 11.5. The summed E-state index contributed by atoms with van der Waals surface area (Å²) in [6.07, 6.45) is 4.35. The summed E-state index contributed by atoms with van der Waals surface area (Å²) in [6, 6.07) is 7.97. The fourth-order valence-electron chi connectivity index (χ4n) is 2.75. The van der Waals surface area contributed by atoms with Gasteiger partial charge in [-0.2, -0.15) is 0 Å². The predicted molar refractivity (Wildman–Crippen MR) is 91.3 cm³/mol. The van der Waals surface area contributed by atoms with Crippen molar-refractivity contribution in [3.05, 3.63) is 47.4 Å².